The van der Waals surface area contributed by atoms with Gasteiger partial charge in [0.05, 0.1) is 11.7 Å². The average molecular weight is 392 g/mol. The number of hydrogen-bond acceptors (Lipinski definition) is 6. The Kier molecular flexibility index (Phi) is 4.67. The van der Waals surface area contributed by atoms with E-state index in [2.05, 4.69) is 15.0 Å². The highest BCUT2D eigenvalue weighted by molar-refractivity contribution is 7.89. The van der Waals surface area contributed by atoms with E-state index < -0.39 is 10.0 Å². The number of aryl methyl sites for hydroxylation is 4. The summed E-state index contributed by atoms with van der Waals surface area (Å²) in [6.45, 7) is 3.21. The SMILES string of the molecule is Cc1noc(C)c1S(=O)(=O)NC1CCC(n2nc3c(cc2=O)CCC3)CC1. The van der Waals surface area contributed by atoms with Crippen molar-refractivity contribution in [3.05, 3.63) is 39.1 Å². The third-order valence-electron chi connectivity index (χ3n) is 5.58. The van der Waals surface area contributed by atoms with E-state index in [-0.39, 0.29) is 22.5 Å². The molecule has 2 aromatic heterocycles. The Labute approximate surface area is 158 Å². The molecule has 0 atom stereocenters. The molecule has 1 N–H and O–H groups in total. The van der Waals surface area contributed by atoms with Crippen molar-refractivity contribution < 1.29 is 12.9 Å². The Morgan fingerprint density at radius 3 is 2.59 bits per heavy atom. The zero-order chi connectivity index (χ0) is 19.2. The van der Waals surface area contributed by atoms with Crippen LogP contribution in [0.3, 0.4) is 0 Å². The van der Waals surface area contributed by atoms with Crippen LogP contribution in [-0.2, 0) is 22.9 Å². The molecule has 9 heteroatoms. The van der Waals surface area contributed by atoms with Crippen molar-refractivity contribution in [3.63, 3.8) is 0 Å². The Morgan fingerprint density at radius 2 is 1.93 bits per heavy atom. The molecule has 1 fully saturated rings. The first-order chi connectivity index (χ1) is 12.8. The van der Waals surface area contributed by atoms with Crippen molar-refractivity contribution in [2.75, 3.05) is 0 Å². The number of rotatable bonds is 4. The molecule has 2 aliphatic carbocycles. The van der Waals surface area contributed by atoms with Crippen molar-refractivity contribution in [1.82, 2.24) is 19.7 Å². The molecule has 0 aromatic carbocycles. The molecule has 1 saturated carbocycles. The number of nitrogens with zero attached hydrogens (tertiary/aromatic N) is 3. The second kappa shape index (κ2) is 6.87. The maximum atomic E-state index is 12.7. The van der Waals surface area contributed by atoms with Gasteiger partial charge in [-0.05, 0) is 64.4 Å². The normalized spacial score (nSPS) is 22.7. The molecule has 0 spiro atoms. The standard InChI is InChI=1S/C18H24N4O4S/c1-11-18(12(2)26-20-11)27(24,25)21-14-6-8-15(9-7-14)22-17(23)10-13-4-3-5-16(13)19-22/h10,14-15,21H,3-9H2,1-2H3. The number of sulfonamides is 1. The van der Waals surface area contributed by atoms with E-state index in [1.165, 1.54) is 0 Å². The highest BCUT2D eigenvalue weighted by atomic mass is 32.2. The minimum atomic E-state index is -3.67. The molecule has 146 valence electrons. The van der Waals surface area contributed by atoms with E-state index in [1.54, 1.807) is 24.6 Å². The Balaban J connectivity index is 1.45. The molecule has 0 amide bonds. The van der Waals surface area contributed by atoms with Gasteiger partial charge < -0.3 is 4.52 Å². The van der Waals surface area contributed by atoms with Gasteiger partial charge in [0, 0.05) is 12.1 Å². The highest BCUT2D eigenvalue weighted by Gasteiger charge is 2.31. The van der Waals surface area contributed by atoms with Gasteiger partial charge in [-0.15, -0.1) is 0 Å². The van der Waals surface area contributed by atoms with Gasteiger partial charge in [0.1, 0.15) is 10.6 Å². The predicted octanol–water partition coefficient (Wildman–Crippen LogP) is 1.80. The molecule has 0 bridgehead atoms. The molecule has 0 aliphatic heterocycles. The van der Waals surface area contributed by atoms with Gasteiger partial charge >= 0.3 is 0 Å². The molecule has 0 radical (unpaired) electrons. The lowest BCUT2D eigenvalue weighted by molar-refractivity contribution is 0.284. The first kappa shape index (κ1) is 18.4. The van der Waals surface area contributed by atoms with Crippen LogP contribution in [-0.4, -0.2) is 29.4 Å². The Hall–Kier alpha value is -2.00. The van der Waals surface area contributed by atoms with Crippen LogP contribution >= 0.6 is 0 Å². The van der Waals surface area contributed by atoms with E-state index in [0.29, 0.717) is 24.3 Å². The topological polar surface area (TPSA) is 107 Å². The third kappa shape index (κ3) is 3.45. The molecule has 4 rings (SSSR count). The molecular formula is C18H24N4O4S. The first-order valence-corrected chi connectivity index (χ1v) is 10.9. The number of fused-ring (bicyclic) bond motifs is 1. The second-order valence-corrected chi connectivity index (χ2v) is 9.18. The largest absolute Gasteiger partial charge is 0.360 e. The summed E-state index contributed by atoms with van der Waals surface area (Å²) in [5, 5.41) is 8.31. The Bertz CT molecular complexity index is 997. The lowest BCUT2D eigenvalue weighted by Gasteiger charge is -2.29. The van der Waals surface area contributed by atoms with Gasteiger partial charge in [0.2, 0.25) is 10.0 Å². The van der Waals surface area contributed by atoms with Crippen LogP contribution < -0.4 is 10.3 Å². The number of hydrogen-bond donors (Lipinski definition) is 1. The molecule has 0 unspecified atom stereocenters. The minimum absolute atomic E-state index is 0.0308. The predicted molar refractivity (Wildman–Crippen MR) is 98.1 cm³/mol. The van der Waals surface area contributed by atoms with Gasteiger partial charge in [-0.25, -0.2) is 17.8 Å². The van der Waals surface area contributed by atoms with Gasteiger partial charge in [0.15, 0.2) is 5.76 Å². The summed E-state index contributed by atoms with van der Waals surface area (Å²) >= 11 is 0. The van der Waals surface area contributed by atoms with Crippen LogP contribution in [0.15, 0.2) is 20.3 Å². The zero-order valence-electron chi connectivity index (χ0n) is 15.6. The van der Waals surface area contributed by atoms with E-state index in [4.69, 9.17) is 4.52 Å². The lowest BCUT2D eigenvalue weighted by atomic mass is 9.92. The van der Waals surface area contributed by atoms with Crippen LogP contribution in [0.25, 0.3) is 0 Å². The smallest absolute Gasteiger partial charge is 0.267 e. The summed E-state index contributed by atoms with van der Waals surface area (Å²) in [7, 11) is -3.67. The van der Waals surface area contributed by atoms with Crippen LogP contribution in [0.2, 0.25) is 0 Å². The van der Waals surface area contributed by atoms with E-state index in [0.717, 1.165) is 43.4 Å². The summed E-state index contributed by atoms with van der Waals surface area (Å²) < 4.78 is 34.7. The van der Waals surface area contributed by atoms with Crippen LogP contribution in [0.4, 0.5) is 0 Å². The third-order valence-corrected chi connectivity index (χ3v) is 7.35. The summed E-state index contributed by atoms with van der Waals surface area (Å²) in [5.41, 5.74) is 2.44. The fourth-order valence-electron chi connectivity index (χ4n) is 4.25. The minimum Gasteiger partial charge on any atom is -0.360 e. The molecule has 2 aliphatic rings. The van der Waals surface area contributed by atoms with E-state index in [9.17, 15) is 13.2 Å². The highest BCUT2D eigenvalue weighted by Crippen LogP contribution is 2.29. The quantitative estimate of drug-likeness (QED) is 0.850. The molecule has 0 saturated heterocycles. The fraction of sp³-hybridized carbons (Fsp3) is 0.611. The molecule has 2 heterocycles. The van der Waals surface area contributed by atoms with Gasteiger partial charge in [0.25, 0.3) is 5.56 Å². The maximum Gasteiger partial charge on any atom is 0.267 e. The van der Waals surface area contributed by atoms with Gasteiger partial charge in [-0.2, -0.15) is 5.10 Å². The van der Waals surface area contributed by atoms with Crippen molar-refractivity contribution in [2.24, 2.45) is 0 Å². The molecule has 27 heavy (non-hydrogen) atoms. The van der Waals surface area contributed by atoms with Crippen molar-refractivity contribution in [1.29, 1.82) is 0 Å². The molecular weight excluding hydrogens is 368 g/mol. The Morgan fingerprint density at radius 1 is 1.19 bits per heavy atom. The maximum absolute atomic E-state index is 12.7. The van der Waals surface area contributed by atoms with E-state index in [1.807, 2.05) is 0 Å². The zero-order valence-corrected chi connectivity index (χ0v) is 16.4. The van der Waals surface area contributed by atoms with Crippen molar-refractivity contribution in [3.8, 4) is 0 Å². The monoisotopic (exact) mass is 392 g/mol. The molecule has 8 nitrogen and oxygen atoms in total. The second-order valence-electron chi connectivity index (χ2n) is 7.53. The average Bonchev–Trinajstić information content (AvgIpc) is 3.20. The van der Waals surface area contributed by atoms with Crippen molar-refractivity contribution in [2.45, 2.75) is 75.8 Å². The number of nitrogens with one attached hydrogen (secondary N) is 1. The van der Waals surface area contributed by atoms with Crippen LogP contribution in [0.1, 0.15) is 60.9 Å². The first-order valence-electron chi connectivity index (χ1n) is 9.42. The molecule has 2 aromatic rings. The van der Waals surface area contributed by atoms with Crippen LogP contribution in [0.5, 0.6) is 0 Å². The lowest BCUT2D eigenvalue weighted by Crippen LogP contribution is -2.40. The fourth-order valence-corrected chi connectivity index (χ4v) is 5.89. The summed E-state index contributed by atoms with van der Waals surface area (Å²) in [5.74, 6) is 0.294. The summed E-state index contributed by atoms with van der Waals surface area (Å²) in [6, 6.07) is 1.59. The van der Waals surface area contributed by atoms with Crippen molar-refractivity contribution >= 4 is 10.0 Å². The van der Waals surface area contributed by atoms with E-state index >= 15 is 0 Å². The summed E-state index contributed by atoms with van der Waals surface area (Å²) in [4.78, 5) is 12.5. The number of aromatic nitrogens is 3. The van der Waals surface area contributed by atoms with Crippen LogP contribution in [0, 0.1) is 13.8 Å². The van der Waals surface area contributed by atoms with Gasteiger partial charge in [-0.1, -0.05) is 5.16 Å². The summed E-state index contributed by atoms with van der Waals surface area (Å²) in [6.07, 6.45) is 5.71. The van der Waals surface area contributed by atoms with Gasteiger partial charge in [-0.3, -0.25) is 4.79 Å².